The Morgan fingerprint density at radius 3 is 3.00 bits per heavy atom. The van der Waals surface area contributed by atoms with Crippen molar-refractivity contribution in [3.63, 3.8) is 0 Å². The van der Waals surface area contributed by atoms with E-state index in [2.05, 4.69) is 20.6 Å². The predicted molar refractivity (Wildman–Crippen MR) is 60.8 cm³/mol. The number of hydrogen-bond acceptors (Lipinski definition) is 4. The summed E-state index contributed by atoms with van der Waals surface area (Å²) in [5.41, 5.74) is 1.73. The van der Waals surface area contributed by atoms with Gasteiger partial charge in [-0.15, -0.1) is 0 Å². The first-order chi connectivity index (χ1) is 8.08. The van der Waals surface area contributed by atoms with Crippen LogP contribution in [0.2, 0.25) is 0 Å². The molecule has 17 heavy (non-hydrogen) atoms. The minimum atomic E-state index is -1.02. The first-order valence-corrected chi connectivity index (χ1v) is 5.08. The third-order valence-corrected chi connectivity index (χ3v) is 2.51. The van der Waals surface area contributed by atoms with E-state index < -0.39 is 5.97 Å². The van der Waals surface area contributed by atoms with Crippen LogP contribution in [0.15, 0.2) is 12.3 Å². The third kappa shape index (κ3) is 2.27. The number of aromatic amines is 1. The van der Waals surface area contributed by atoms with E-state index in [9.17, 15) is 4.79 Å². The van der Waals surface area contributed by atoms with Crippen LogP contribution in [0.5, 0.6) is 0 Å². The summed E-state index contributed by atoms with van der Waals surface area (Å²) < 4.78 is 1.75. The summed E-state index contributed by atoms with van der Waals surface area (Å²) in [6.45, 7) is 2.31. The minimum absolute atomic E-state index is 0.102. The van der Waals surface area contributed by atoms with Crippen LogP contribution in [-0.2, 0) is 13.6 Å². The highest BCUT2D eigenvalue weighted by atomic mass is 16.4. The molecule has 0 atom stereocenters. The van der Waals surface area contributed by atoms with E-state index in [-0.39, 0.29) is 5.69 Å². The van der Waals surface area contributed by atoms with Gasteiger partial charge in [-0.05, 0) is 6.92 Å². The second kappa shape index (κ2) is 4.28. The number of nitrogens with one attached hydrogen (secondary N) is 2. The van der Waals surface area contributed by atoms with E-state index in [4.69, 9.17) is 5.11 Å². The van der Waals surface area contributed by atoms with Gasteiger partial charge in [0, 0.05) is 30.9 Å². The quantitative estimate of drug-likeness (QED) is 0.727. The molecule has 2 heterocycles. The Morgan fingerprint density at radius 2 is 2.41 bits per heavy atom. The predicted octanol–water partition coefficient (Wildman–Crippen LogP) is 0.762. The highest BCUT2D eigenvalue weighted by Crippen LogP contribution is 2.10. The number of carbonyl (C=O) groups is 1. The average Bonchev–Trinajstić information content (AvgIpc) is 2.83. The highest BCUT2D eigenvalue weighted by molar-refractivity contribution is 5.86. The Hall–Kier alpha value is -2.31. The van der Waals surface area contributed by atoms with Crippen molar-refractivity contribution in [2.24, 2.45) is 7.05 Å². The van der Waals surface area contributed by atoms with Gasteiger partial charge in [0.2, 0.25) is 0 Å². The number of anilines is 1. The molecule has 0 bridgehead atoms. The van der Waals surface area contributed by atoms with E-state index in [0.29, 0.717) is 17.9 Å². The summed E-state index contributed by atoms with van der Waals surface area (Å²) in [7, 11) is 1.85. The molecular weight excluding hydrogens is 222 g/mol. The van der Waals surface area contributed by atoms with Crippen molar-refractivity contribution in [3.8, 4) is 0 Å². The first-order valence-electron chi connectivity index (χ1n) is 5.08. The standard InChI is InChI=1S/C10H13N5O2/c1-6-3-8(14-15(6)2)11-4-7-5-12-13-9(7)10(16)17/h3,5H,4H2,1-2H3,(H,11,14)(H,12,13)(H,16,17). The largest absolute Gasteiger partial charge is 0.477 e. The van der Waals surface area contributed by atoms with Crippen molar-refractivity contribution in [1.82, 2.24) is 20.0 Å². The molecule has 0 unspecified atom stereocenters. The zero-order chi connectivity index (χ0) is 12.4. The fraction of sp³-hybridized carbons (Fsp3) is 0.300. The lowest BCUT2D eigenvalue weighted by atomic mass is 10.2. The number of carboxylic acids is 1. The minimum Gasteiger partial charge on any atom is -0.477 e. The number of hydrogen-bond donors (Lipinski definition) is 3. The SMILES string of the molecule is Cc1cc(NCc2cn[nH]c2C(=O)O)nn1C. The number of aryl methyl sites for hydroxylation is 2. The van der Waals surface area contributed by atoms with Crippen molar-refractivity contribution >= 4 is 11.8 Å². The van der Waals surface area contributed by atoms with Crippen LogP contribution < -0.4 is 5.32 Å². The molecule has 0 fully saturated rings. The second-order valence-electron chi connectivity index (χ2n) is 3.72. The van der Waals surface area contributed by atoms with E-state index in [0.717, 1.165) is 5.69 Å². The number of carboxylic acid groups (broad SMARTS) is 1. The molecule has 7 heteroatoms. The molecule has 2 aromatic heterocycles. The molecule has 0 radical (unpaired) electrons. The van der Waals surface area contributed by atoms with Gasteiger partial charge in [0.15, 0.2) is 0 Å². The maximum atomic E-state index is 10.8. The van der Waals surface area contributed by atoms with E-state index in [1.54, 1.807) is 4.68 Å². The molecular formula is C10H13N5O2. The molecule has 0 aliphatic rings. The van der Waals surface area contributed by atoms with E-state index in [1.165, 1.54) is 6.20 Å². The van der Waals surface area contributed by atoms with Gasteiger partial charge in [-0.2, -0.15) is 10.2 Å². The van der Waals surface area contributed by atoms with Crippen LogP contribution in [0.3, 0.4) is 0 Å². The topological polar surface area (TPSA) is 95.8 Å². The van der Waals surface area contributed by atoms with Crippen molar-refractivity contribution in [1.29, 1.82) is 0 Å². The average molecular weight is 235 g/mol. The molecule has 3 N–H and O–H groups in total. The molecule has 0 saturated carbocycles. The number of rotatable bonds is 4. The number of aromatic nitrogens is 4. The zero-order valence-electron chi connectivity index (χ0n) is 9.56. The van der Waals surface area contributed by atoms with Crippen LogP contribution >= 0.6 is 0 Å². The molecule has 0 aliphatic heterocycles. The van der Waals surface area contributed by atoms with Crippen LogP contribution in [0, 0.1) is 6.92 Å². The third-order valence-electron chi connectivity index (χ3n) is 2.51. The van der Waals surface area contributed by atoms with Gasteiger partial charge in [-0.25, -0.2) is 4.79 Å². The maximum Gasteiger partial charge on any atom is 0.354 e. The van der Waals surface area contributed by atoms with Gasteiger partial charge in [0.1, 0.15) is 11.5 Å². The number of H-pyrrole nitrogens is 1. The van der Waals surface area contributed by atoms with Crippen LogP contribution in [0.25, 0.3) is 0 Å². The second-order valence-corrected chi connectivity index (χ2v) is 3.72. The lowest BCUT2D eigenvalue weighted by Crippen LogP contribution is -2.06. The zero-order valence-corrected chi connectivity index (χ0v) is 9.56. The fourth-order valence-electron chi connectivity index (χ4n) is 1.46. The summed E-state index contributed by atoms with van der Waals surface area (Å²) in [6.07, 6.45) is 1.49. The summed E-state index contributed by atoms with van der Waals surface area (Å²) in [5, 5.41) is 22.3. The van der Waals surface area contributed by atoms with Gasteiger partial charge in [-0.3, -0.25) is 9.78 Å². The summed E-state index contributed by atoms with van der Waals surface area (Å²) in [4.78, 5) is 10.8. The molecule has 0 spiro atoms. The van der Waals surface area contributed by atoms with Crippen molar-refractivity contribution < 1.29 is 9.90 Å². The Bertz CT molecular complexity index is 523. The normalized spacial score (nSPS) is 10.5. The molecule has 0 aliphatic carbocycles. The summed E-state index contributed by atoms with van der Waals surface area (Å²) >= 11 is 0. The smallest absolute Gasteiger partial charge is 0.354 e. The number of aromatic carboxylic acids is 1. The molecule has 2 rings (SSSR count). The molecule has 0 amide bonds. The van der Waals surface area contributed by atoms with Gasteiger partial charge < -0.3 is 10.4 Å². The van der Waals surface area contributed by atoms with Crippen LogP contribution in [-0.4, -0.2) is 31.1 Å². The monoisotopic (exact) mass is 235 g/mol. The van der Waals surface area contributed by atoms with Gasteiger partial charge in [-0.1, -0.05) is 0 Å². The molecule has 2 aromatic rings. The molecule has 0 aromatic carbocycles. The maximum absolute atomic E-state index is 10.8. The van der Waals surface area contributed by atoms with Crippen molar-refractivity contribution in [2.75, 3.05) is 5.32 Å². The lowest BCUT2D eigenvalue weighted by molar-refractivity contribution is 0.0689. The Labute approximate surface area is 97.5 Å². The van der Waals surface area contributed by atoms with Crippen molar-refractivity contribution in [3.05, 3.63) is 29.2 Å². The van der Waals surface area contributed by atoms with Gasteiger partial charge in [0.05, 0.1) is 6.20 Å². The first kappa shape index (κ1) is 11.2. The summed E-state index contributed by atoms with van der Waals surface area (Å²) in [5.74, 6) is -0.306. The van der Waals surface area contributed by atoms with Crippen LogP contribution in [0.4, 0.5) is 5.82 Å². The Balaban J connectivity index is 2.07. The molecule has 0 saturated heterocycles. The molecule has 7 nitrogen and oxygen atoms in total. The van der Waals surface area contributed by atoms with Gasteiger partial charge in [0.25, 0.3) is 0 Å². The van der Waals surface area contributed by atoms with Crippen LogP contribution in [0.1, 0.15) is 21.7 Å². The Morgan fingerprint density at radius 1 is 1.65 bits per heavy atom. The highest BCUT2D eigenvalue weighted by Gasteiger charge is 2.12. The molecule has 90 valence electrons. The summed E-state index contributed by atoms with van der Waals surface area (Å²) in [6, 6.07) is 1.89. The lowest BCUT2D eigenvalue weighted by Gasteiger charge is -2.01. The van der Waals surface area contributed by atoms with E-state index >= 15 is 0 Å². The van der Waals surface area contributed by atoms with Crippen molar-refractivity contribution in [2.45, 2.75) is 13.5 Å². The Kier molecular flexibility index (Phi) is 2.82. The number of nitrogens with zero attached hydrogens (tertiary/aromatic N) is 3. The fourth-order valence-corrected chi connectivity index (χ4v) is 1.46. The van der Waals surface area contributed by atoms with E-state index in [1.807, 2.05) is 20.0 Å². The van der Waals surface area contributed by atoms with Gasteiger partial charge >= 0.3 is 5.97 Å².